The molecule has 0 saturated heterocycles. The molecule has 0 aliphatic carbocycles. The summed E-state index contributed by atoms with van der Waals surface area (Å²) in [5.74, 6) is 0. The number of fused-ring (bicyclic) bond motifs is 5. The lowest BCUT2D eigenvalue weighted by molar-refractivity contribution is 1.18. The number of rotatable bonds is 3. The number of hydrogen-bond donors (Lipinski definition) is 0. The van der Waals surface area contributed by atoms with Crippen molar-refractivity contribution < 1.29 is 0 Å². The molecular formula is C34H22ClN. The SMILES string of the molecule is Clc1ccc(-c2ccccc2-n2c3ccccc3c3c4ccccc4ccc32)c(-c2ccccc2)c1. The molecule has 1 nitrogen and oxygen atoms in total. The normalized spacial score (nSPS) is 11.5. The van der Waals surface area contributed by atoms with Crippen molar-refractivity contribution in [2.45, 2.75) is 0 Å². The van der Waals surface area contributed by atoms with Crippen molar-refractivity contribution in [3.8, 4) is 27.9 Å². The van der Waals surface area contributed by atoms with Gasteiger partial charge < -0.3 is 4.57 Å². The summed E-state index contributed by atoms with van der Waals surface area (Å²) in [4.78, 5) is 0. The Kier molecular flexibility index (Phi) is 4.90. The van der Waals surface area contributed by atoms with Crippen LogP contribution in [0.4, 0.5) is 0 Å². The third kappa shape index (κ3) is 3.25. The van der Waals surface area contributed by atoms with E-state index in [1.807, 2.05) is 12.1 Å². The number of halogens is 1. The van der Waals surface area contributed by atoms with Gasteiger partial charge in [-0.05, 0) is 57.8 Å². The second-order valence-corrected chi connectivity index (χ2v) is 9.54. The molecule has 6 aromatic carbocycles. The molecule has 0 spiro atoms. The van der Waals surface area contributed by atoms with Crippen molar-refractivity contribution in [2.75, 3.05) is 0 Å². The van der Waals surface area contributed by atoms with Gasteiger partial charge in [-0.2, -0.15) is 0 Å². The Bertz CT molecular complexity index is 1900. The first kappa shape index (κ1) is 21.0. The van der Waals surface area contributed by atoms with Crippen LogP contribution < -0.4 is 0 Å². The van der Waals surface area contributed by atoms with Crippen LogP contribution in [0.25, 0.3) is 60.5 Å². The fourth-order valence-corrected chi connectivity index (χ4v) is 5.68. The third-order valence-corrected chi connectivity index (χ3v) is 7.30. The van der Waals surface area contributed by atoms with E-state index in [-0.39, 0.29) is 0 Å². The van der Waals surface area contributed by atoms with Gasteiger partial charge in [0.25, 0.3) is 0 Å². The molecule has 0 radical (unpaired) electrons. The molecule has 0 unspecified atom stereocenters. The van der Waals surface area contributed by atoms with Gasteiger partial charge in [0.2, 0.25) is 0 Å². The maximum atomic E-state index is 6.50. The molecule has 0 aliphatic rings. The Labute approximate surface area is 214 Å². The van der Waals surface area contributed by atoms with E-state index in [2.05, 4.69) is 126 Å². The third-order valence-electron chi connectivity index (χ3n) is 7.06. The van der Waals surface area contributed by atoms with E-state index in [1.165, 1.54) is 38.1 Å². The van der Waals surface area contributed by atoms with Gasteiger partial charge in [-0.3, -0.25) is 0 Å². The summed E-state index contributed by atoms with van der Waals surface area (Å²) in [6, 6.07) is 47.2. The van der Waals surface area contributed by atoms with Gasteiger partial charge in [-0.25, -0.2) is 0 Å². The van der Waals surface area contributed by atoms with Gasteiger partial charge in [-0.15, -0.1) is 0 Å². The molecule has 0 N–H and O–H groups in total. The first-order valence-electron chi connectivity index (χ1n) is 12.2. The van der Waals surface area contributed by atoms with Crippen LogP contribution in [0.5, 0.6) is 0 Å². The number of aromatic nitrogens is 1. The lowest BCUT2D eigenvalue weighted by Crippen LogP contribution is -1.98. The zero-order valence-corrected chi connectivity index (χ0v) is 20.3. The Hall–Kier alpha value is -4.33. The molecule has 36 heavy (non-hydrogen) atoms. The van der Waals surface area contributed by atoms with Crippen LogP contribution in [0.2, 0.25) is 5.02 Å². The minimum atomic E-state index is 0.735. The fraction of sp³-hybridized carbons (Fsp3) is 0. The highest BCUT2D eigenvalue weighted by atomic mass is 35.5. The standard InChI is InChI=1S/C34H22ClN/c35-25-19-20-27(30(22-25)23-10-2-1-3-11-23)28-14-6-8-16-31(28)36-32-17-9-7-15-29(32)34-26-13-5-4-12-24(26)18-21-33(34)36/h1-22H. The molecule has 7 rings (SSSR count). The quantitative estimate of drug-likeness (QED) is 0.237. The summed E-state index contributed by atoms with van der Waals surface area (Å²) in [5.41, 5.74) is 8.17. The summed E-state index contributed by atoms with van der Waals surface area (Å²) in [6.45, 7) is 0. The first-order valence-corrected chi connectivity index (χ1v) is 12.5. The largest absolute Gasteiger partial charge is 0.309 e. The molecule has 0 atom stereocenters. The highest BCUT2D eigenvalue weighted by Crippen LogP contribution is 2.41. The predicted molar refractivity (Wildman–Crippen MR) is 154 cm³/mol. The predicted octanol–water partition coefficient (Wildman–Crippen LogP) is 9.92. The Morgan fingerprint density at radius 1 is 0.472 bits per heavy atom. The molecule has 1 heterocycles. The van der Waals surface area contributed by atoms with Crippen molar-refractivity contribution >= 4 is 44.2 Å². The summed E-state index contributed by atoms with van der Waals surface area (Å²) in [6.07, 6.45) is 0. The van der Waals surface area contributed by atoms with Crippen LogP contribution >= 0.6 is 11.6 Å². The molecule has 0 saturated carbocycles. The summed E-state index contributed by atoms with van der Waals surface area (Å²) >= 11 is 6.50. The van der Waals surface area contributed by atoms with Gasteiger partial charge in [-0.1, -0.05) is 115 Å². The van der Waals surface area contributed by atoms with E-state index in [0.29, 0.717) is 0 Å². The monoisotopic (exact) mass is 479 g/mol. The van der Waals surface area contributed by atoms with E-state index in [0.717, 1.165) is 27.4 Å². The highest BCUT2D eigenvalue weighted by molar-refractivity contribution is 6.31. The highest BCUT2D eigenvalue weighted by Gasteiger charge is 2.18. The number of para-hydroxylation sites is 2. The Morgan fingerprint density at radius 2 is 1.19 bits per heavy atom. The van der Waals surface area contributed by atoms with E-state index in [4.69, 9.17) is 11.6 Å². The summed E-state index contributed by atoms with van der Waals surface area (Å²) in [5, 5.41) is 5.82. The van der Waals surface area contributed by atoms with E-state index in [1.54, 1.807) is 0 Å². The lowest BCUT2D eigenvalue weighted by Gasteiger charge is -2.17. The molecule has 2 heteroatoms. The molecule has 0 fully saturated rings. The zero-order valence-electron chi connectivity index (χ0n) is 19.5. The number of nitrogens with zero attached hydrogens (tertiary/aromatic N) is 1. The molecule has 7 aromatic rings. The summed E-state index contributed by atoms with van der Waals surface area (Å²) in [7, 11) is 0. The van der Waals surface area contributed by atoms with Crippen LogP contribution in [0, 0.1) is 0 Å². The van der Waals surface area contributed by atoms with Crippen LogP contribution in [0.1, 0.15) is 0 Å². The second-order valence-electron chi connectivity index (χ2n) is 9.11. The minimum Gasteiger partial charge on any atom is -0.309 e. The van der Waals surface area contributed by atoms with Crippen LogP contribution in [0.3, 0.4) is 0 Å². The van der Waals surface area contributed by atoms with E-state index >= 15 is 0 Å². The maximum Gasteiger partial charge on any atom is 0.0547 e. The lowest BCUT2D eigenvalue weighted by atomic mass is 9.93. The molecule has 0 bridgehead atoms. The smallest absolute Gasteiger partial charge is 0.0547 e. The number of benzene rings is 6. The van der Waals surface area contributed by atoms with Crippen molar-refractivity contribution in [3.63, 3.8) is 0 Å². The average molecular weight is 480 g/mol. The first-order chi connectivity index (χ1) is 17.8. The van der Waals surface area contributed by atoms with E-state index in [9.17, 15) is 0 Å². The minimum absolute atomic E-state index is 0.735. The van der Waals surface area contributed by atoms with Crippen molar-refractivity contribution in [1.82, 2.24) is 4.57 Å². The van der Waals surface area contributed by atoms with Crippen molar-refractivity contribution in [3.05, 3.63) is 138 Å². The van der Waals surface area contributed by atoms with Gasteiger partial charge in [0.15, 0.2) is 0 Å². The van der Waals surface area contributed by atoms with Gasteiger partial charge >= 0.3 is 0 Å². The van der Waals surface area contributed by atoms with Crippen molar-refractivity contribution in [2.24, 2.45) is 0 Å². The van der Waals surface area contributed by atoms with Gasteiger partial charge in [0.1, 0.15) is 0 Å². The van der Waals surface area contributed by atoms with Gasteiger partial charge in [0.05, 0.1) is 16.7 Å². The average Bonchev–Trinajstić information content (AvgIpc) is 3.28. The zero-order chi connectivity index (χ0) is 24.1. The van der Waals surface area contributed by atoms with Crippen LogP contribution in [0.15, 0.2) is 133 Å². The molecule has 1 aromatic heterocycles. The Balaban J connectivity index is 1.59. The fourth-order valence-electron chi connectivity index (χ4n) is 5.50. The van der Waals surface area contributed by atoms with Crippen molar-refractivity contribution in [1.29, 1.82) is 0 Å². The van der Waals surface area contributed by atoms with Crippen LogP contribution in [-0.2, 0) is 0 Å². The molecular weight excluding hydrogens is 458 g/mol. The number of hydrogen-bond acceptors (Lipinski definition) is 0. The topological polar surface area (TPSA) is 4.93 Å². The Morgan fingerprint density at radius 3 is 2.08 bits per heavy atom. The van der Waals surface area contributed by atoms with Crippen LogP contribution in [-0.4, -0.2) is 4.57 Å². The molecule has 0 aliphatic heterocycles. The van der Waals surface area contributed by atoms with E-state index < -0.39 is 0 Å². The second kappa shape index (κ2) is 8.41. The summed E-state index contributed by atoms with van der Waals surface area (Å²) < 4.78 is 2.41. The van der Waals surface area contributed by atoms with Gasteiger partial charge in [0, 0.05) is 21.4 Å². The molecule has 0 amide bonds. The molecule has 170 valence electrons. The maximum absolute atomic E-state index is 6.50.